The summed E-state index contributed by atoms with van der Waals surface area (Å²) in [6, 6.07) is 7.74. The predicted octanol–water partition coefficient (Wildman–Crippen LogP) is 3.05. The monoisotopic (exact) mass is 499 g/mol. The number of halogens is 1. The molecular weight excluding hydrogens is 469 g/mol. The highest BCUT2D eigenvalue weighted by Gasteiger charge is 2.20. The van der Waals surface area contributed by atoms with Crippen LogP contribution in [0.5, 0.6) is 11.5 Å². The number of aliphatic imine (C=N–C) groups is 1. The average Bonchev–Trinajstić information content (AvgIpc) is 3.10. The van der Waals surface area contributed by atoms with E-state index in [0.717, 1.165) is 36.4 Å². The molecule has 0 aliphatic carbocycles. The Hall–Kier alpha value is -1.97. The summed E-state index contributed by atoms with van der Waals surface area (Å²) in [5.41, 5.74) is 0. The molecule has 0 radical (unpaired) electrons. The van der Waals surface area contributed by atoms with E-state index in [1.807, 2.05) is 43.6 Å². The zero-order valence-electron chi connectivity index (χ0n) is 16.7. The van der Waals surface area contributed by atoms with E-state index < -0.39 is 0 Å². The molecule has 0 saturated carbocycles. The highest BCUT2D eigenvalue weighted by molar-refractivity contribution is 14.0. The molecule has 0 amide bonds. The third-order valence-corrected chi connectivity index (χ3v) is 4.15. The van der Waals surface area contributed by atoms with Crippen molar-refractivity contribution in [3.63, 3.8) is 0 Å². The maximum atomic E-state index is 5.99. The van der Waals surface area contributed by atoms with Gasteiger partial charge in [-0.25, -0.2) is 9.98 Å². The lowest BCUT2D eigenvalue weighted by Crippen LogP contribution is -2.45. The first-order valence-corrected chi connectivity index (χ1v) is 9.56. The van der Waals surface area contributed by atoms with Gasteiger partial charge < -0.3 is 24.7 Å². The minimum Gasteiger partial charge on any atom is -0.486 e. The number of nitrogens with one attached hydrogen (secondary N) is 2. The van der Waals surface area contributed by atoms with Gasteiger partial charge in [-0.05, 0) is 25.0 Å². The SMILES string of the molecule is CCNC(=NCc1nccn1CC(C)C)NCC1COc2ccccc2O1.I. The fourth-order valence-electron chi connectivity index (χ4n) is 2.92. The van der Waals surface area contributed by atoms with Crippen LogP contribution in [0.4, 0.5) is 0 Å². The standard InChI is InChI=1S/C20H29N5O2.HI/c1-4-21-20(24-12-19-22-9-10-25(19)13-15(2)3)23-11-16-14-26-17-7-5-6-8-18(17)27-16;/h5-10,15-16H,4,11-14H2,1-3H3,(H2,21,23,24);1H. The number of hydrogen-bond donors (Lipinski definition) is 2. The number of benzene rings is 1. The van der Waals surface area contributed by atoms with Crippen LogP contribution in [-0.2, 0) is 13.1 Å². The van der Waals surface area contributed by atoms with Crippen LogP contribution in [-0.4, -0.2) is 41.3 Å². The molecule has 1 atom stereocenters. The van der Waals surface area contributed by atoms with E-state index in [0.29, 0.717) is 25.6 Å². The molecule has 7 nitrogen and oxygen atoms in total. The van der Waals surface area contributed by atoms with Crippen molar-refractivity contribution in [3.8, 4) is 11.5 Å². The highest BCUT2D eigenvalue weighted by atomic mass is 127. The summed E-state index contributed by atoms with van der Waals surface area (Å²) in [5.74, 6) is 3.87. The van der Waals surface area contributed by atoms with E-state index in [1.54, 1.807) is 0 Å². The Morgan fingerprint density at radius 3 is 2.82 bits per heavy atom. The van der Waals surface area contributed by atoms with Crippen LogP contribution in [0, 0.1) is 5.92 Å². The molecule has 1 aromatic heterocycles. The first-order valence-electron chi connectivity index (χ1n) is 9.56. The number of fused-ring (bicyclic) bond motifs is 1. The van der Waals surface area contributed by atoms with Crippen molar-refractivity contribution in [1.29, 1.82) is 0 Å². The lowest BCUT2D eigenvalue weighted by molar-refractivity contribution is 0.0936. The van der Waals surface area contributed by atoms with E-state index in [9.17, 15) is 0 Å². The van der Waals surface area contributed by atoms with Crippen molar-refractivity contribution in [2.75, 3.05) is 19.7 Å². The van der Waals surface area contributed by atoms with Crippen molar-refractivity contribution >= 4 is 29.9 Å². The van der Waals surface area contributed by atoms with Gasteiger partial charge in [0.2, 0.25) is 0 Å². The molecule has 8 heteroatoms. The third kappa shape index (κ3) is 6.29. The molecule has 3 rings (SSSR count). The molecule has 0 fully saturated rings. The van der Waals surface area contributed by atoms with Gasteiger partial charge in [-0.1, -0.05) is 26.0 Å². The molecule has 1 aliphatic rings. The normalized spacial score (nSPS) is 15.9. The first kappa shape index (κ1) is 22.3. The summed E-state index contributed by atoms with van der Waals surface area (Å²) in [7, 11) is 0. The molecule has 0 bridgehead atoms. The van der Waals surface area contributed by atoms with Crippen LogP contribution >= 0.6 is 24.0 Å². The van der Waals surface area contributed by atoms with Crippen LogP contribution in [0.3, 0.4) is 0 Å². The minimum atomic E-state index is -0.0633. The summed E-state index contributed by atoms with van der Waals surface area (Å²) in [6.45, 7) is 9.83. The fraction of sp³-hybridized carbons (Fsp3) is 0.500. The summed E-state index contributed by atoms with van der Waals surface area (Å²) in [6.07, 6.45) is 3.78. The quantitative estimate of drug-likeness (QED) is 0.348. The Kier molecular flexibility index (Phi) is 8.88. The molecule has 2 aromatic rings. The van der Waals surface area contributed by atoms with Gasteiger partial charge in [-0.15, -0.1) is 24.0 Å². The van der Waals surface area contributed by atoms with Crippen molar-refractivity contribution in [2.24, 2.45) is 10.9 Å². The number of hydrogen-bond acceptors (Lipinski definition) is 4. The minimum absolute atomic E-state index is 0. The van der Waals surface area contributed by atoms with Gasteiger partial charge in [0.1, 0.15) is 25.1 Å². The van der Waals surface area contributed by atoms with E-state index >= 15 is 0 Å². The number of para-hydroxylation sites is 2. The Bertz CT molecular complexity index is 763. The van der Waals surface area contributed by atoms with Crippen molar-refractivity contribution in [3.05, 3.63) is 42.5 Å². The molecule has 1 aliphatic heterocycles. The second-order valence-electron chi connectivity index (χ2n) is 6.96. The van der Waals surface area contributed by atoms with Gasteiger partial charge in [-0.3, -0.25) is 0 Å². The molecule has 0 saturated heterocycles. The molecule has 0 spiro atoms. The number of nitrogens with zero attached hydrogens (tertiary/aromatic N) is 3. The van der Waals surface area contributed by atoms with Crippen LogP contribution in [0.1, 0.15) is 26.6 Å². The van der Waals surface area contributed by atoms with Gasteiger partial charge in [0.25, 0.3) is 0 Å². The van der Waals surface area contributed by atoms with Crippen LogP contribution < -0.4 is 20.1 Å². The van der Waals surface area contributed by atoms with Crippen molar-refractivity contribution in [1.82, 2.24) is 20.2 Å². The molecular formula is C20H30IN5O2. The summed E-state index contributed by atoms with van der Waals surface area (Å²) in [5, 5.41) is 6.61. The molecule has 1 unspecified atom stereocenters. The molecule has 2 heterocycles. The Labute approximate surface area is 184 Å². The van der Waals surface area contributed by atoms with Gasteiger partial charge >= 0.3 is 0 Å². The Morgan fingerprint density at radius 2 is 2.07 bits per heavy atom. The molecule has 28 heavy (non-hydrogen) atoms. The zero-order chi connectivity index (χ0) is 19.1. The van der Waals surface area contributed by atoms with Gasteiger partial charge in [-0.2, -0.15) is 0 Å². The van der Waals surface area contributed by atoms with Crippen LogP contribution in [0.15, 0.2) is 41.7 Å². The predicted molar refractivity (Wildman–Crippen MR) is 122 cm³/mol. The lowest BCUT2D eigenvalue weighted by Gasteiger charge is -2.27. The number of ether oxygens (including phenoxy) is 2. The van der Waals surface area contributed by atoms with E-state index in [2.05, 4.69) is 39.0 Å². The van der Waals surface area contributed by atoms with E-state index in [4.69, 9.17) is 9.47 Å². The highest BCUT2D eigenvalue weighted by Crippen LogP contribution is 2.30. The van der Waals surface area contributed by atoms with Gasteiger partial charge in [0.05, 0.1) is 6.54 Å². The maximum absolute atomic E-state index is 5.99. The van der Waals surface area contributed by atoms with Gasteiger partial charge in [0.15, 0.2) is 17.5 Å². The summed E-state index contributed by atoms with van der Waals surface area (Å²) < 4.78 is 13.9. The maximum Gasteiger partial charge on any atom is 0.191 e. The van der Waals surface area contributed by atoms with E-state index in [1.165, 1.54) is 0 Å². The number of guanidine groups is 1. The second-order valence-corrected chi connectivity index (χ2v) is 6.96. The van der Waals surface area contributed by atoms with Crippen LogP contribution in [0.2, 0.25) is 0 Å². The smallest absolute Gasteiger partial charge is 0.191 e. The zero-order valence-corrected chi connectivity index (χ0v) is 19.1. The average molecular weight is 499 g/mol. The first-order chi connectivity index (χ1) is 13.2. The molecule has 154 valence electrons. The van der Waals surface area contributed by atoms with E-state index in [-0.39, 0.29) is 30.1 Å². The van der Waals surface area contributed by atoms with Crippen molar-refractivity contribution < 1.29 is 9.47 Å². The Balaban J connectivity index is 0.00000280. The second kappa shape index (κ2) is 11.1. The molecule has 2 N–H and O–H groups in total. The third-order valence-electron chi connectivity index (χ3n) is 4.15. The topological polar surface area (TPSA) is 72.7 Å². The summed E-state index contributed by atoms with van der Waals surface area (Å²) in [4.78, 5) is 9.10. The summed E-state index contributed by atoms with van der Waals surface area (Å²) >= 11 is 0. The Morgan fingerprint density at radius 1 is 1.29 bits per heavy atom. The number of imidazole rings is 1. The molecule has 1 aromatic carbocycles. The lowest BCUT2D eigenvalue weighted by atomic mass is 10.2. The van der Waals surface area contributed by atoms with Crippen LogP contribution in [0.25, 0.3) is 0 Å². The number of aromatic nitrogens is 2. The number of rotatable bonds is 7. The van der Waals surface area contributed by atoms with Gasteiger partial charge in [0, 0.05) is 25.5 Å². The fourth-order valence-corrected chi connectivity index (χ4v) is 2.92. The van der Waals surface area contributed by atoms with Crippen molar-refractivity contribution in [2.45, 2.75) is 40.0 Å². The largest absolute Gasteiger partial charge is 0.486 e.